The SMILES string of the molecule is COC1CCC(COc2ccc(S(=O)(=O)NC(=O)c3ccc(N4CCN(CC5=C(c6ccc(Cl)cc6)CC(C)(C)CC5)CC4)cc3Oc3cnc4[nH]ccc4c3)cc2[N+](=O)[O-])CC1. The molecule has 8 rings (SSSR count). The summed E-state index contributed by atoms with van der Waals surface area (Å²) in [5, 5.41) is 13.6. The number of rotatable bonds is 14. The first-order valence-corrected chi connectivity index (χ1v) is 23.3. The van der Waals surface area contributed by atoms with Gasteiger partial charge in [0.1, 0.15) is 17.1 Å². The number of sulfonamides is 1. The van der Waals surface area contributed by atoms with Crippen LogP contribution in [0.1, 0.15) is 74.7 Å². The summed E-state index contributed by atoms with van der Waals surface area (Å²) in [6, 6.07) is 20.2. The first kappa shape index (κ1) is 44.1. The molecular formula is C47H53ClN6O8S. The molecule has 0 unspecified atom stereocenters. The Hall–Kier alpha value is -5.48. The van der Waals surface area contributed by atoms with Crippen LogP contribution < -0.4 is 19.1 Å². The topological polar surface area (TPSA) is 169 Å². The molecule has 0 spiro atoms. The van der Waals surface area contributed by atoms with Crippen LogP contribution in [0.2, 0.25) is 5.02 Å². The summed E-state index contributed by atoms with van der Waals surface area (Å²) in [6.45, 7) is 8.87. The number of H-pyrrole nitrogens is 1. The van der Waals surface area contributed by atoms with Crippen LogP contribution in [0.15, 0.2) is 95.7 Å². The molecule has 332 valence electrons. The van der Waals surface area contributed by atoms with Gasteiger partial charge in [-0.15, -0.1) is 0 Å². The number of fused-ring (bicyclic) bond motifs is 1. The number of aromatic nitrogens is 2. The average Bonchev–Trinajstić information content (AvgIpc) is 3.75. The van der Waals surface area contributed by atoms with Crippen LogP contribution in [0.3, 0.4) is 0 Å². The van der Waals surface area contributed by atoms with Crippen LogP contribution in [0.25, 0.3) is 16.6 Å². The second-order valence-corrected chi connectivity index (χ2v) is 19.7. The minimum Gasteiger partial charge on any atom is -0.487 e. The Morgan fingerprint density at radius 1 is 0.984 bits per heavy atom. The highest BCUT2D eigenvalue weighted by Gasteiger charge is 2.31. The van der Waals surface area contributed by atoms with Crippen molar-refractivity contribution in [2.45, 2.75) is 69.8 Å². The second-order valence-electron chi connectivity index (χ2n) is 17.6. The number of carbonyl (C=O) groups is 1. The van der Waals surface area contributed by atoms with E-state index in [0.29, 0.717) is 11.4 Å². The van der Waals surface area contributed by atoms with E-state index in [2.05, 4.69) is 50.5 Å². The second kappa shape index (κ2) is 18.7. The fourth-order valence-corrected chi connectivity index (χ4v) is 10.00. The Kier molecular flexibility index (Phi) is 13.1. The van der Waals surface area contributed by atoms with Gasteiger partial charge in [-0.05, 0) is 116 Å². The molecule has 2 fully saturated rings. The molecule has 2 N–H and O–H groups in total. The third-order valence-electron chi connectivity index (χ3n) is 12.6. The van der Waals surface area contributed by atoms with Gasteiger partial charge in [0, 0.05) is 74.3 Å². The number of ether oxygens (including phenoxy) is 3. The van der Waals surface area contributed by atoms with Gasteiger partial charge in [-0.25, -0.2) is 18.1 Å². The maximum Gasteiger partial charge on any atom is 0.312 e. The molecule has 3 heterocycles. The van der Waals surface area contributed by atoms with Gasteiger partial charge < -0.3 is 24.1 Å². The van der Waals surface area contributed by atoms with Crippen LogP contribution in [0, 0.1) is 21.4 Å². The maximum atomic E-state index is 13.9. The minimum absolute atomic E-state index is 0.0444. The zero-order chi connectivity index (χ0) is 44.3. The summed E-state index contributed by atoms with van der Waals surface area (Å²) in [6.07, 6.45) is 10.1. The summed E-state index contributed by atoms with van der Waals surface area (Å²) < 4.78 is 47.1. The van der Waals surface area contributed by atoms with Crippen molar-refractivity contribution in [3.63, 3.8) is 0 Å². The number of aromatic amines is 1. The number of nitro groups is 1. The molecule has 63 heavy (non-hydrogen) atoms. The predicted octanol–water partition coefficient (Wildman–Crippen LogP) is 9.41. The molecule has 0 radical (unpaired) electrons. The Morgan fingerprint density at radius 3 is 2.48 bits per heavy atom. The van der Waals surface area contributed by atoms with E-state index in [1.807, 2.05) is 18.2 Å². The predicted molar refractivity (Wildman–Crippen MR) is 243 cm³/mol. The number of anilines is 1. The third kappa shape index (κ3) is 10.5. The Bertz CT molecular complexity index is 2620. The highest BCUT2D eigenvalue weighted by atomic mass is 35.5. The number of nitrogens with one attached hydrogen (secondary N) is 2. The molecule has 1 amide bonds. The fourth-order valence-electron chi connectivity index (χ4n) is 8.89. The molecule has 14 nitrogen and oxygen atoms in total. The number of allylic oxidation sites excluding steroid dienone is 1. The van der Waals surface area contributed by atoms with Gasteiger partial charge in [-0.2, -0.15) is 0 Å². The monoisotopic (exact) mass is 896 g/mol. The first-order valence-electron chi connectivity index (χ1n) is 21.4. The largest absolute Gasteiger partial charge is 0.487 e. The van der Waals surface area contributed by atoms with Crippen molar-refractivity contribution in [3.8, 4) is 17.2 Å². The smallest absolute Gasteiger partial charge is 0.312 e. The lowest BCUT2D eigenvalue weighted by Gasteiger charge is -2.39. The van der Waals surface area contributed by atoms with E-state index >= 15 is 0 Å². The molecule has 16 heteroatoms. The van der Waals surface area contributed by atoms with Gasteiger partial charge in [0.25, 0.3) is 15.9 Å². The molecule has 5 aromatic rings. The summed E-state index contributed by atoms with van der Waals surface area (Å²) in [4.78, 5) is 37.1. The summed E-state index contributed by atoms with van der Waals surface area (Å²) in [5.74, 6) is -0.349. The normalized spacial score (nSPS) is 19.5. The van der Waals surface area contributed by atoms with Crippen LogP contribution in [0.5, 0.6) is 17.2 Å². The first-order chi connectivity index (χ1) is 30.2. The Balaban J connectivity index is 0.991. The van der Waals surface area contributed by atoms with Gasteiger partial charge in [0.2, 0.25) is 0 Å². The quantitative estimate of drug-likeness (QED) is 0.0805. The van der Waals surface area contributed by atoms with Crippen LogP contribution in [0.4, 0.5) is 11.4 Å². The summed E-state index contributed by atoms with van der Waals surface area (Å²) in [7, 11) is -2.90. The Morgan fingerprint density at radius 2 is 1.75 bits per heavy atom. The lowest BCUT2D eigenvalue weighted by Crippen LogP contribution is -2.47. The number of nitro benzene ring substituents is 1. The molecular weight excluding hydrogens is 844 g/mol. The van der Waals surface area contributed by atoms with Crippen molar-refractivity contribution in [1.82, 2.24) is 19.6 Å². The number of benzene rings is 3. The molecule has 1 saturated heterocycles. The summed E-state index contributed by atoms with van der Waals surface area (Å²) in [5.41, 5.74) is 5.22. The van der Waals surface area contributed by atoms with Crippen molar-refractivity contribution >= 4 is 55.5 Å². The summed E-state index contributed by atoms with van der Waals surface area (Å²) >= 11 is 6.24. The van der Waals surface area contributed by atoms with Crippen LogP contribution in [-0.2, 0) is 14.8 Å². The Labute approximate surface area is 372 Å². The van der Waals surface area contributed by atoms with Gasteiger partial charge in [-0.3, -0.25) is 19.8 Å². The van der Waals surface area contributed by atoms with Crippen molar-refractivity contribution in [1.29, 1.82) is 0 Å². The number of amides is 1. The number of piperazine rings is 1. The van der Waals surface area contributed by atoms with E-state index in [4.69, 9.17) is 25.8 Å². The minimum atomic E-state index is -4.59. The molecule has 1 saturated carbocycles. The maximum absolute atomic E-state index is 13.9. The van der Waals surface area contributed by atoms with E-state index in [9.17, 15) is 23.3 Å². The third-order valence-corrected chi connectivity index (χ3v) is 14.2. The van der Waals surface area contributed by atoms with E-state index in [-0.39, 0.29) is 41.1 Å². The lowest BCUT2D eigenvalue weighted by molar-refractivity contribution is -0.386. The van der Waals surface area contributed by atoms with E-state index in [0.717, 1.165) is 99.8 Å². The molecule has 2 aromatic heterocycles. The van der Waals surface area contributed by atoms with E-state index in [1.54, 1.807) is 31.5 Å². The van der Waals surface area contributed by atoms with Gasteiger partial charge >= 0.3 is 5.69 Å². The standard InChI is InChI=1S/C47H53ClN6O8S/c1-47(2)18-16-34(41(27-47)32-6-8-35(48)9-7-32)29-52-20-22-53(23-21-52)36-10-14-40(44(25-36)62-38-24-33-17-19-49-45(33)50-28-38)46(55)51-63(58,59)39-13-15-43(42(26-39)54(56)57)61-30-31-4-11-37(60-3)12-5-31/h6-10,13-15,17,19,24-26,28,31,37H,4-5,11-12,16,18,20-23,27,29-30H2,1-3H3,(H,49,50)(H,51,55). The molecule has 0 atom stereocenters. The molecule has 2 aliphatic carbocycles. The van der Waals surface area contributed by atoms with E-state index < -0.39 is 31.4 Å². The zero-order valence-corrected chi connectivity index (χ0v) is 37.3. The van der Waals surface area contributed by atoms with Crippen molar-refractivity contribution < 1.29 is 32.3 Å². The molecule has 1 aliphatic heterocycles. The average molecular weight is 897 g/mol. The number of nitrogens with zero attached hydrogens (tertiary/aromatic N) is 4. The van der Waals surface area contributed by atoms with Gasteiger partial charge in [0.15, 0.2) is 5.75 Å². The highest BCUT2D eigenvalue weighted by Crippen LogP contribution is 2.43. The highest BCUT2D eigenvalue weighted by molar-refractivity contribution is 7.90. The van der Waals surface area contributed by atoms with Crippen LogP contribution in [-0.4, -0.2) is 86.7 Å². The number of methoxy groups -OCH3 is 1. The fraction of sp³-hybridized carbons (Fsp3) is 0.404. The van der Waals surface area contributed by atoms with Gasteiger partial charge in [-0.1, -0.05) is 43.2 Å². The number of hydrogen-bond donors (Lipinski definition) is 2. The number of pyridine rings is 1. The number of carbonyl (C=O) groups excluding carboxylic acids is 1. The number of halogens is 1. The van der Waals surface area contributed by atoms with Crippen LogP contribution >= 0.6 is 11.6 Å². The molecule has 0 bridgehead atoms. The molecule has 3 aromatic carbocycles. The van der Waals surface area contributed by atoms with Crippen molar-refractivity contribution in [2.75, 3.05) is 51.3 Å². The number of hydrogen-bond acceptors (Lipinski definition) is 11. The zero-order valence-electron chi connectivity index (χ0n) is 35.8. The van der Waals surface area contributed by atoms with Gasteiger partial charge in [0.05, 0.1) is 34.3 Å². The van der Waals surface area contributed by atoms with Crippen molar-refractivity contribution in [2.24, 2.45) is 11.3 Å². The molecule has 3 aliphatic rings. The van der Waals surface area contributed by atoms with Crippen molar-refractivity contribution in [3.05, 3.63) is 117 Å². The lowest BCUT2D eigenvalue weighted by atomic mass is 9.72. The van der Waals surface area contributed by atoms with E-state index in [1.165, 1.54) is 41.1 Å².